The number of carbonyl (C=O) groups is 1. The molecular weight excluding hydrogens is 355 g/mol. The van der Waals surface area contributed by atoms with E-state index in [0.717, 1.165) is 12.1 Å². The first kappa shape index (κ1) is 17.8. The van der Waals surface area contributed by atoms with E-state index < -0.39 is 22.4 Å². The van der Waals surface area contributed by atoms with Crippen molar-refractivity contribution in [1.82, 2.24) is 4.90 Å². The molecule has 1 aromatic heterocycles. The Labute approximate surface area is 145 Å². The number of nitrogens with zero attached hydrogens (tertiary/aromatic N) is 3. The molecule has 138 valence electrons. The second kappa shape index (κ2) is 6.70. The molecule has 0 radical (unpaired) electrons. The molecule has 0 spiro atoms. The van der Waals surface area contributed by atoms with E-state index in [1.165, 1.54) is 17.2 Å². The van der Waals surface area contributed by atoms with Gasteiger partial charge in [-0.2, -0.15) is 13.2 Å². The van der Waals surface area contributed by atoms with Gasteiger partial charge >= 0.3 is 6.18 Å². The average Bonchev–Trinajstić information content (AvgIpc) is 3.14. The number of benzene rings is 1. The number of rotatable bonds is 3. The van der Waals surface area contributed by atoms with Crippen molar-refractivity contribution in [3.8, 4) is 0 Å². The molecule has 1 fully saturated rings. The Balaban J connectivity index is 1.77. The summed E-state index contributed by atoms with van der Waals surface area (Å²) in [6, 6.07) is 5.59. The van der Waals surface area contributed by atoms with Crippen LogP contribution in [0.3, 0.4) is 0 Å². The summed E-state index contributed by atoms with van der Waals surface area (Å²) in [4.78, 5) is 25.7. The fourth-order valence-electron chi connectivity index (χ4n) is 2.82. The standard InChI is InChI=1S/C16H14F3N3O4/c17-16(18,19)11-3-4-12(13(10-11)22(24)25)20-5-7-21(8-6-20)15(23)14-2-1-9-26-14/h1-4,9-10H,5-8H2. The number of nitro groups is 1. The van der Waals surface area contributed by atoms with Gasteiger partial charge in [-0.1, -0.05) is 0 Å². The van der Waals surface area contributed by atoms with E-state index >= 15 is 0 Å². The molecule has 1 aliphatic rings. The molecular formula is C16H14F3N3O4. The number of hydrogen-bond acceptors (Lipinski definition) is 5. The minimum Gasteiger partial charge on any atom is -0.459 e. The highest BCUT2D eigenvalue weighted by atomic mass is 19.4. The van der Waals surface area contributed by atoms with Crippen LogP contribution in [-0.2, 0) is 6.18 Å². The maximum Gasteiger partial charge on any atom is 0.416 e. The molecule has 2 aromatic rings. The van der Waals surface area contributed by atoms with Crippen LogP contribution in [0, 0.1) is 10.1 Å². The SMILES string of the molecule is O=C(c1ccco1)N1CCN(c2ccc(C(F)(F)F)cc2[N+](=O)[O-])CC1. The number of halogens is 3. The number of hydrogen-bond donors (Lipinski definition) is 0. The Morgan fingerprint density at radius 2 is 1.85 bits per heavy atom. The zero-order valence-corrected chi connectivity index (χ0v) is 13.4. The van der Waals surface area contributed by atoms with E-state index in [0.29, 0.717) is 6.07 Å². The van der Waals surface area contributed by atoms with Gasteiger partial charge in [0.25, 0.3) is 11.6 Å². The molecule has 1 amide bonds. The molecule has 7 nitrogen and oxygen atoms in total. The lowest BCUT2D eigenvalue weighted by Crippen LogP contribution is -2.48. The van der Waals surface area contributed by atoms with E-state index in [2.05, 4.69) is 0 Å². The number of piperazine rings is 1. The predicted molar refractivity (Wildman–Crippen MR) is 84.9 cm³/mol. The van der Waals surface area contributed by atoms with Gasteiger partial charge in [0.2, 0.25) is 0 Å². The molecule has 0 saturated carbocycles. The lowest BCUT2D eigenvalue weighted by atomic mass is 10.1. The molecule has 10 heteroatoms. The van der Waals surface area contributed by atoms with Gasteiger partial charge in [0, 0.05) is 32.2 Å². The summed E-state index contributed by atoms with van der Waals surface area (Å²) in [5, 5.41) is 11.2. The number of alkyl halides is 3. The highest BCUT2D eigenvalue weighted by Gasteiger charge is 2.34. The van der Waals surface area contributed by atoms with Crippen LogP contribution in [-0.4, -0.2) is 41.9 Å². The minimum absolute atomic E-state index is 0.105. The molecule has 0 bridgehead atoms. The van der Waals surface area contributed by atoms with Crippen molar-refractivity contribution in [3.05, 3.63) is 58.0 Å². The second-order valence-electron chi connectivity index (χ2n) is 5.71. The van der Waals surface area contributed by atoms with Crippen molar-refractivity contribution in [2.24, 2.45) is 0 Å². The average molecular weight is 369 g/mol. The largest absolute Gasteiger partial charge is 0.459 e. The Hall–Kier alpha value is -3.04. The van der Waals surface area contributed by atoms with Crippen LogP contribution in [0.1, 0.15) is 16.1 Å². The molecule has 2 heterocycles. The number of anilines is 1. The molecule has 1 aliphatic heterocycles. The zero-order chi connectivity index (χ0) is 18.9. The monoisotopic (exact) mass is 369 g/mol. The van der Waals surface area contributed by atoms with Crippen molar-refractivity contribution >= 4 is 17.3 Å². The van der Waals surface area contributed by atoms with Gasteiger partial charge < -0.3 is 14.2 Å². The molecule has 0 N–H and O–H groups in total. The van der Waals surface area contributed by atoms with Crippen LogP contribution < -0.4 is 4.90 Å². The van der Waals surface area contributed by atoms with E-state index in [1.54, 1.807) is 11.0 Å². The molecule has 1 aromatic carbocycles. The smallest absolute Gasteiger partial charge is 0.416 e. The summed E-state index contributed by atoms with van der Waals surface area (Å²) < 4.78 is 43.4. The van der Waals surface area contributed by atoms with E-state index in [9.17, 15) is 28.1 Å². The lowest BCUT2D eigenvalue weighted by Gasteiger charge is -2.35. The van der Waals surface area contributed by atoms with Crippen molar-refractivity contribution in [2.75, 3.05) is 31.1 Å². The van der Waals surface area contributed by atoms with E-state index in [-0.39, 0.29) is 43.5 Å². The van der Waals surface area contributed by atoms with Crippen LogP contribution in [0.5, 0.6) is 0 Å². The van der Waals surface area contributed by atoms with Crippen LogP contribution in [0.2, 0.25) is 0 Å². The second-order valence-corrected chi connectivity index (χ2v) is 5.71. The summed E-state index contributed by atoms with van der Waals surface area (Å²) in [6.07, 6.45) is -3.27. The summed E-state index contributed by atoms with van der Waals surface area (Å²) in [5.74, 6) is -0.101. The first-order valence-corrected chi connectivity index (χ1v) is 7.71. The summed E-state index contributed by atoms with van der Waals surface area (Å²) in [6.45, 7) is 1.08. The third-order valence-corrected chi connectivity index (χ3v) is 4.14. The van der Waals surface area contributed by atoms with Gasteiger partial charge in [0.15, 0.2) is 5.76 Å². The number of nitro benzene ring substituents is 1. The van der Waals surface area contributed by atoms with Gasteiger partial charge in [-0.05, 0) is 24.3 Å². The summed E-state index contributed by atoms with van der Waals surface area (Å²) in [7, 11) is 0. The molecule has 0 unspecified atom stereocenters. The van der Waals surface area contributed by atoms with Crippen LogP contribution in [0.15, 0.2) is 41.0 Å². The molecule has 26 heavy (non-hydrogen) atoms. The highest BCUT2D eigenvalue weighted by molar-refractivity contribution is 5.91. The molecule has 3 rings (SSSR count). The minimum atomic E-state index is -4.66. The number of carbonyl (C=O) groups excluding carboxylic acids is 1. The van der Waals surface area contributed by atoms with Crippen molar-refractivity contribution in [2.45, 2.75) is 6.18 Å². The molecule has 0 aliphatic carbocycles. The quantitative estimate of drug-likeness (QED) is 0.613. The molecule has 1 saturated heterocycles. The Morgan fingerprint density at radius 3 is 2.38 bits per heavy atom. The number of furan rings is 1. The van der Waals surface area contributed by atoms with E-state index in [4.69, 9.17) is 4.42 Å². The van der Waals surface area contributed by atoms with Gasteiger partial charge in [0.05, 0.1) is 16.7 Å². The maximum atomic E-state index is 12.8. The van der Waals surface area contributed by atoms with Crippen molar-refractivity contribution in [1.29, 1.82) is 0 Å². The third kappa shape index (κ3) is 3.48. The van der Waals surface area contributed by atoms with Crippen molar-refractivity contribution in [3.63, 3.8) is 0 Å². The summed E-state index contributed by atoms with van der Waals surface area (Å²) >= 11 is 0. The Bertz CT molecular complexity index is 813. The van der Waals surface area contributed by atoms with Crippen molar-refractivity contribution < 1.29 is 27.3 Å². The predicted octanol–water partition coefficient (Wildman–Crippen LogP) is 3.17. The topological polar surface area (TPSA) is 79.8 Å². The maximum absolute atomic E-state index is 12.8. The molecule has 0 atom stereocenters. The van der Waals surface area contributed by atoms with Gasteiger partial charge in [0.1, 0.15) is 5.69 Å². The Morgan fingerprint density at radius 1 is 1.15 bits per heavy atom. The Kier molecular flexibility index (Phi) is 4.58. The van der Waals surface area contributed by atoms with E-state index in [1.807, 2.05) is 0 Å². The lowest BCUT2D eigenvalue weighted by molar-refractivity contribution is -0.384. The third-order valence-electron chi connectivity index (χ3n) is 4.14. The zero-order valence-electron chi connectivity index (χ0n) is 13.4. The first-order chi connectivity index (χ1) is 12.3. The normalized spacial score (nSPS) is 15.2. The number of amides is 1. The van der Waals surface area contributed by atoms with Gasteiger partial charge in [-0.25, -0.2) is 0 Å². The van der Waals surface area contributed by atoms with Gasteiger partial charge in [-0.15, -0.1) is 0 Å². The van der Waals surface area contributed by atoms with Crippen LogP contribution >= 0.6 is 0 Å². The van der Waals surface area contributed by atoms with Gasteiger partial charge in [-0.3, -0.25) is 14.9 Å². The van der Waals surface area contributed by atoms with Crippen LogP contribution in [0.25, 0.3) is 0 Å². The fourth-order valence-corrected chi connectivity index (χ4v) is 2.82. The summed E-state index contributed by atoms with van der Waals surface area (Å²) in [5.41, 5.74) is -1.57. The first-order valence-electron chi connectivity index (χ1n) is 7.71. The highest BCUT2D eigenvalue weighted by Crippen LogP contribution is 2.36. The van der Waals surface area contributed by atoms with Crippen LogP contribution in [0.4, 0.5) is 24.5 Å². The fraction of sp³-hybridized carbons (Fsp3) is 0.312.